The predicted molar refractivity (Wildman–Crippen MR) is 122 cm³/mol. The van der Waals surface area contributed by atoms with E-state index in [-0.39, 0.29) is 0 Å². The number of anilines is 4. The third-order valence-electron chi connectivity index (χ3n) is 6.19. The average molecular weight is 396 g/mol. The molecule has 0 spiro atoms. The normalized spacial score (nSPS) is 16.0. The van der Waals surface area contributed by atoms with Crippen LogP contribution < -0.4 is 10.2 Å². The molecule has 30 heavy (non-hydrogen) atoms. The van der Waals surface area contributed by atoms with Crippen molar-refractivity contribution in [2.75, 3.05) is 16.8 Å². The van der Waals surface area contributed by atoms with Gasteiger partial charge < -0.3 is 14.8 Å². The topological polar surface area (TPSA) is 46.0 Å². The van der Waals surface area contributed by atoms with Crippen LogP contribution in [0.1, 0.15) is 36.4 Å². The summed E-state index contributed by atoms with van der Waals surface area (Å²) in [4.78, 5) is 11.6. The van der Waals surface area contributed by atoms with Gasteiger partial charge in [-0.15, -0.1) is 0 Å². The summed E-state index contributed by atoms with van der Waals surface area (Å²) in [6.07, 6.45) is 8.91. The lowest BCUT2D eigenvalue weighted by atomic mass is 9.99. The lowest BCUT2D eigenvalue weighted by Gasteiger charge is -2.30. The number of hydrogen-bond acceptors (Lipinski definition) is 4. The highest BCUT2D eigenvalue weighted by atomic mass is 15.2. The Hall–Kier alpha value is -3.34. The molecule has 150 valence electrons. The fraction of sp³-hybridized carbons (Fsp3) is 0.280. The first kappa shape index (κ1) is 17.5. The molecule has 0 unspecified atom stereocenters. The van der Waals surface area contributed by atoms with Crippen molar-refractivity contribution in [3.8, 4) is 0 Å². The molecule has 3 heterocycles. The average Bonchev–Trinajstić information content (AvgIpc) is 3.52. The van der Waals surface area contributed by atoms with Crippen molar-refractivity contribution in [3.05, 3.63) is 72.1 Å². The minimum atomic E-state index is 0.632. The Morgan fingerprint density at radius 2 is 1.97 bits per heavy atom. The van der Waals surface area contributed by atoms with Gasteiger partial charge in [-0.3, -0.25) is 0 Å². The van der Waals surface area contributed by atoms with Gasteiger partial charge in [0.2, 0.25) is 5.95 Å². The maximum absolute atomic E-state index is 4.84. The van der Waals surface area contributed by atoms with Gasteiger partial charge in [0.1, 0.15) is 5.82 Å². The van der Waals surface area contributed by atoms with E-state index in [2.05, 4.69) is 75.4 Å². The smallest absolute Gasteiger partial charge is 0.229 e. The van der Waals surface area contributed by atoms with Crippen LogP contribution in [0.3, 0.4) is 0 Å². The van der Waals surface area contributed by atoms with Gasteiger partial charge in [-0.1, -0.05) is 17.7 Å². The van der Waals surface area contributed by atoms with Crippen molar-refractivity contribution in [2.45, 2.75) is 38.6 Å². The molecule has 0 amide bonds. The number of fused-ring (bicyclic) bond motifs is 2. The number of rotatable bonds is 4. The summed E-state index contributed by atoms with van der Waals surface area (Å²) in [5.74, 6) is 1.57. The van der Waals surface area contributed by atoms with Gasteiger partial charge in [0.25, 0.3) is 0 Å². The predicted octanol–water partition coefficient (Wildman–Crippen LogP) is 5.90. The molecule has 1 fully saturated rings. The molecule has 0 bridgehead atoms. The molecule has 1 aliphatic heterocycles. The van der Waals surface area contributed by atoms with Gasteiger partial charge in [-0.05, 0) is 74.6 Å². The first-order valence-corrected chi connectivity index (χ1v) is 10.8. The standard InChI is InChI=1S/C25H25N5/c1-17-4-8-23-18(15-17)3-2-13-30(23)24-10-12-26-25(28-24)27-20-5-9-22-19(16-20)11-14-29(22)21-6-7-21/h4-5,8-12,14-16,21H,2-3,6-7,13H2,1H3,(H,26,27,28). The molecule has 2 aromatic heterocycles. The fourth-order valence-electron chi connectivity index (χ4n) is 4.57. The highest BCUT2D eigenvalue weighted by Gasteiger charge is 2.24. The molecular formula is C25H25N5. The first-order chi connectivity index (χ1) is 14.7. The second-order valence-electron chi connectivity index (χ2n) is 8.48. The summed E-state index contributed by atoms with van der Waals surface area (Å²) in [5.41, 5.74) is 6.30. The minimum Gasteiger partial charge on any atom is -0.344 e. The zero-order chi connectivity index (χ0) is 20.1. The molecule has 5 nitrogen and oxygen atoms in total. The second kappa shape index (κ2) is 6.87. The SMILES string of the molecule is Cc1ccc2c(c1)CCCN2c1ccnc(Nc2ccc3c(ccn3C3CC3)c2)n1. The maximum atomic E-state index is 4.84. The van der Waals surface area contributed by atoms with Gasteiger partial charge in [0.15, 0.2) is 0 Å². The van der Waals surface area contributed by atoms with E-state index in [1.54, 1.807) is 0 Å². The molecule has 2 aromatic carbocycles. The Balaban J connectivity index is 1.29. The molecule has 0 saturated heterocycles. The zero-order valence-electron chi connectivity index (χ0n) is 17.2. The highest BCUT2D eigenvalue weighted by Crippen LogP contribution is 2.38. The summed E-state index contributed by atoms with van der Waals surface area (Å²) < 4.78 is 2.39. The van der Waals surface area contributed by atoms with E-state index in [9.17, 15) is 0 Å². The van der Waals surface area contributed by atoms with Crippen molar-refractivity contribution >= 4 is 34.0 Å². The molecule has 0 radical (unpaired) electrons. The van der Waals surface area contributed by atoms with Crippen LogP contribution in [0, 0.1) is 6.92 Å². The van der Waals surface area contributed by atoms with Crippen molar-refractivity contribution in [1.29, 1.82) is 0 Å². The lowest BCUT2D eigenvalue weighted by molar-refractivity contribution is 0.758. The van der Waals surface area contributed by atoms with Crippen molar-refractivity contribution < 1.29 is 0 Å². The van der Waals surface area contributed by atoms with E-state index in [1.807, 2.05) is 12.3 Å². The van der Waals surface area contributed by atoms with E-state index in [0.29, 0.717) is 12.0 Å². The van der Waals surface area contributed by atoms with Crippen molar-refractivity contribution in [2.24, 2.45) is 0 Å². The van der Waals surface area contributed by atoms with Gasteiger partial charge in [0.05, 0.1) is 0 Å². The monoisotopic (exact) mass is 395 g/mol. The van der Waals surface area contributed by atoms with E-state index in [1.165, 1.54) is 40.6 Å². The van der Waals surface area contributed by atoms with Gasteiger partial charge in [-0.2, -0.15) is 4.98 Å². The molecular weight excluding hydrogens is 370 g/mol. The van der Waals surface area contributed by atoms with Crippen LogP contribution >= 0.6 is 0 Å². The number of nitrogens with zero attached hydrogens (tertiary/aromatic N) is 4. The largest absolute Gasteiger partial charge is 0.344 e. The van der Waals surface area contributed by atoms with Crippen molar-refractivity contribution in [1.82, 2.24) is 14.5 Å². The van der Waals surface area contributed by atoms with E-state index >= 15 is 0 Å². The quantitative estimate of drug-likeness (QED) is 0.467. The number of nitrogens with one attached hydrogen (secondary N) is 1. The van der Waals surface area contributed by atoms with Gasteiger partial charge >= 0.3 is 0 Å². The molecule has 2 aliphatic rings. The molecule has 0 atom stereocenters. The maximum Gasteiger partial charge on any atom is 0.229 e. The molecule has 6 rings (SSSR count). The van der Waals surface area contributed by atoms with Crippen LogP contribution in [0.15, 0.2) is 60.9 Å². The Bertz CT molecular complexity index is 1240. The van der Waals surface area contributed by atoms with Gasteiger partial charge in [0, 0.05) is 47.3 Å². The van der Waals surface area contributed by atoms with Crippen LogP contribution in [-0.4, -0.2) is 21.1 Å². The third kappa shape index (κ3) is 3.11. The molecule has 1 aliphatic carbocycles. The molecule has 1 N–H and O–H groups in total. The van der Waals surface area contributed by atoms with E-state index in [4.69, 9.17) is 4.98 Å². The number of aryl methyl sites for hydroxylation is 2. The summed E-state index contributed by atoms with van der Waals surface area (Å²) in [6.45, 7) is 3.13. The number of benzene rings is 2. The Morgan fingerprint density at radius 1 is 1.03 bits per heavy atom. The number of aromatic nitrogens is 3. The third-order valence-corrected chi connectivity index (χ3v) is 6.19. The highest BCUT2D eigenvalue weighted by molar-refractivity contribution is 5.84. The van der Waals surface area contributed by atoms with Crippen LogP contribution in [0.4, 0.5) is 23.1 Å². The summed E-state index contributed by atoms with van der Waals surface area (Å²) >= 11 is 0. The van der Waals surface area contributed by atoms with Crippen LogP contribution in [0.5, 0.6) is 0 Å². The Labute approximate surface area is 176 Å². The van der Waals surface area contributed by atoms with E-state index < -0.39 is 0 Å². The fourth-order valence-corrected chi connectivity index (χ4v) is 4.57. The zero-order valence-corrected chi connectivity index (χ0v) is 17.2. The Kier molecular flexibility index (Phi) is 4.01. The number of hydrogen-bond donors (Lipinski definition) is 1. The summed E-state index contributed by atoms with van der Waals surface area (Å²) in [6, 6.07) is 18.1. The van der Waals surface area contributed by atoms with Crippen LogP contribution in [0.2, 0.25) is 0 Å². The van der Waals surface area contributed by atoms with Crippen LogP contribution in [0.25, 0.3) is 10.9 Å². The Morgan fingerprint density at radius 3 is 2.87 bits per heavy atom. The minimum absolute atomic E-state index is 0.632. The van der Waals surface area contributed by atoms with Crippen LogP contribution in [-0.2, 0) is 6.42 Å². The lowest BCUT2D eigenvalue weighted by Crippen LogP contribution is -2.25. The molecule has 5 heteroatoms. The summed E-state index contributed by atoms with van der Waals surface area (Å²) in [7, 11) is 0. The molecule has 4 aromatic rings. The first-order valence-electron chi connectivity index (χ1n) is 10.8. The van der Waals surface area contributed by atoms with E-state index in [0.717, 1.165) is 30.9 Å². The van der Waals surface area contributed by atoms with Gasteiger partial charge in [-0.25, -0.2) is 4.98 Å². The molecule has 1 saturated carbocycles. The van der Waals surface area contributed by atoms with Crippen molar-refractivity contribution in [3.63, 3.8) is 0 Å². The second-order valence-corrected chi connectivity index (χ2v) is 8.48. The summed E-state index contributed by atoms with van der Waals surface area (Å²) in [5, 5.41) is 4.66.